The maximum atomic E-state index is 12.0. The van der Waals surface area contributed by atoms with Gasteiger partial charge in [0.15, 0.2) is 0 Å². The Hall–Kier alpha value is -3.06. The van der Waals surface area contributed by atoms with E-state index in [1.165, 1.54) is 11.8 Å². The van der Waals surface area contributed by atoms with E-state index in [0.29, 0.717) is 17.5 Å². The van der Waals surface area contributed by atoms with E-state index < -0.39 is 0 Å². The van der Waals surface area contributed by atoms with E-state index >= 15 is 0 Å². The number of para-hydroxylation sites is 2. The molecule has 2 heterocycles. The number of carbonyl (C=O) groups is 1. The van der Waals surface area contributed by atoms with Crippen LogP contribution >= 0.6 is 11.8 Å². The fraction of sp³-hybridized carbons (Fsp3) is 0.105. The first-order valence-electron chi connectivity index (χ1n) is 8.13. The van der Waals surface area contributed by atoms with Gasteiger partial charge in [-0.3, -0.25) is 4.79 Å². The highest BCUT2D eigenvalue weighted by atomic mass is 32.2. The summed E-state index contributed by atoms with van der Waals surface area (Å²) in [5, 5.41) is 12.4. The molecule has 7 heteroatoms. The summed E-state index contributed by atoms with van der Waals surface area (Å²) >= 11 is 1.22. The standard InChI is InChI=1S/C19H16N4O2S/c24-17(21-14-6-2-1-3-7-14)12-26-19-23-22-18(25-19)10-13-11-20-16-9-5-4-8-15(13)16/h1-9,11,20H,10,12H2,(H,21,24). The monoisotopic (exact) mass is 364 g/mol. The number of aromatic amines is 1. The first-order valence-corrected chi connectivity index (χ1v) is 9.11. The largest absolute Gasteiger partial charge is 0.416 e. The molecule has 0 bridgehead atoms. The van der Waals surface area contributed by atoms with E-state index in [-0.39, 0.29) is 11.7 Å². The molecule has 130 valence electrons. The van der Waals surface area contributed by atoms with Crippen molar-refractivity contribution in [2.24, 2.45) is 0 Å². The average molecular weight is 364 g/mol. The number of hydrogen-bond acceptors (Lipinski definition) is 5. The summed E-state index contributed by atoms with van der Waals surface area (Å²) in [4.78, 5) is 15.2. The van der Waals surface area contributed by atoms with Gasteiger partial charge < -0.3 is 14.7 Å². The van der Waals surface area contributed by atoms with Crippen LogP contribution in [0.25, 0.3) is 10.9 Å². The van der Waals surface area contributed by atoms with Gasteiger partial charge in [0.05, 0.1) is 12.2 Å². The van der Waals surface area contributed by atoms with Crippen LogP contribution in [0.15, 0.2) is 70.4 Å². The second kappa shape index (κ2) is 7.45. The fourth-order valence-corrected chi connectivity index (χ4v) is 3.24. The molecular formula is C19H16N4O2S. The maximum absolute atomic E-state index is 12.0. The molecule has 26 heavy (non-hydrogen) atoms. The van der Waals surface area contributed by atoms with Crippen molar-refractivity contribution in [1.82, 2.24) is 15.2 Å². The Morgan fingerprint density at radius 1 is 1.08 bits per heavy atom. The van der Waals surface area contributed by atoms with Crippen molar-refractivity contribution in [2.45, 2.75) is 11.6 Å². The van der Waals surface area contributed by atoms with Gasteiger partial charge in [-0.25, -0.2) is 0 Å². The van der Waals surface area contributed by atoms with Gasteiger partial charge in [0.1, 0.15) is 0 Å². The third-order valence-electron chi connectivity index (χ3n) is 3.85. The summed E-state index contributed by atoms with van der Waals surface area (Å²) in [7, 11) is 0. The number of carbonyl (C=O) groups excluding carboxylic acids is 1. The van der Waals surface area contributed by atoms with Crippen LogP contribution in [0.5, 0.6) is 0 Å². The van der Waals surface area contributed by atoms with Crippen LogP contribution in [0, 0.1) is 0 Å². The zero-order chi connectivity index (χ0) is 17.8. The third kappa shape index (κ3) is 3.78. The number of hydrogen-bond donors (Lipinski definition) is 2. The molecule has 2 aromatic heterocycles. The van der Waals surface area contributed by atoms with Gasteiger partial charge in [-0.1, -0.05) is 48.2 Å². The van der Waals surface area contributed by atoms with Crippen LogP contribution in [0.2, 0.25) is 0 Å². The summed E-state index contributed by atoms with van der Waals surface area (Å²) in [5.41, 5.74) is 2.94. The van der Waals surface area contributed by atoms with Crippen molar-refractivity contribution in [3.05, 3.63) is 72.2 Å². The van der Waals surface area contributed by atoms with Crippen LogP contribution in [0.4, 0.5) is 5.69 Å². The number of nitrogens with zero attached hydrogens (tertiary/aromatic N) is 2. The normalized spacial score (nSPS) is 10.9. The summed E-state index contributed by atoms with van der Waals surface area (Å²) in [6.45, 7) is 0. The Morgan fingerprint density at radius 3 is 2.77 bits per heavy atom. The molecule has 6 nitrogen and oxygen atoms in total. The van der Waals surface area contributed by atoms with Gasteiger partial charge in [-0.05, 0) is 23.8 Å². The molecule has 2 aromatic carbocycles. The van der Waals surface area contributed by atoms with E-state index in [1.807, 2.05) is 54.7 Å². The molecule has 0 unspecified atom stereocenters. The number of nitrogens with one attached hydrogen (secondary N) is 2. The molecule has 0 atom stereocenters. The van der Waals surface area contributed by atoms with Crippen molar-refractivity contribution in [3.63, 3.8) is 0 Å². The molecule has 0 aliphatic carbocycles. The maximum Gasteiger partial charge on any atom is 0.277 e. The van der Waals surface area contributed by atoms with Gasteiger partial charge in [0.2, 0.25) is 11.8 Å². The van der Waals surface area contributed by atoms with E-state index in [2.05, 4.69) is 26.6 Å². The highest BCUT2D eigenvalue weighted by Gasteiger charge is 2.12. The van der Waals surface area contributed by atoms with Gasteiger partial charge in [0.25, 0.3) is 5.22 Å². The number of anilines is 1. The third-order valence-corrected chi connectivity index (χ3v) is 4.67. The number of benzene rings is 2. The highest BCUT2D eigenvalue weighted by molar-refractivity contribution is 7.99. The molecule has 4 aromatic rings. The Labute approximate surface area is 154 Å². The minimum Gasteiger partial charge on any atom is -0.416 e. The quantitative estimate of drug-likeness (QED) is 0.507. The van der Waals surface area contributed by atoms with Crippen LogP contribution in [0.1, 0.15) is 11.5 Å². The number of H-pyrrole nitrogens is 1. The Balaban J connectivity index is 1.35. The van der Waals surface area contributed by atoms with Crippen LogP contribution < -0.4 is 5.32 Å². The zero-order valence-electron chi connectivity index (χ0n) is 13.8. The summed E-state index contributed by atoms with van der Waals surface area (Å²) in [5.74, 6) is 0.627. The lowest BCUT2D eigenvalue weighted by Gasteiger charge is -2.02. The smallest absolute Gasteiger partial charge is 0.277 e. The highest BCUT2D eigenvalue weighted by Crippen LogP contribution is 2.22. The molecule has 0 aliphatic heterocycles. The molecule has 1 amide bonds. The number of rotatable bonds is 6. The van der Waals surface area contributed by atoms with Gasteiger partial charge in [-0.2, -0.15) is 0 Å². The predicted molar refractivity (Wildman–Crippen MR) is 101 cm³/mol. The lowest BCUT2D eigenvalue weighted by atomic mass is 10.1. The number of thioether (sulfide) groups is 1. The first kappa shape index (κ1) is 16.4. The molecule has 0 spiro atoms. The molecule has 0 saturated carbocycles. The Bertz CT molecular complexity index is 1030. The fourth-order valence-electron chi connectivity index (χ4n) is 2.65. The van der Waals surface area contributed by atoms with E-state index in [0.717, 1.165) is 22.2 Å². The summed E-state index contributed by atoms with van der Waals surface area (Å²) in [6, 6.07) is 17.4. The van der Waals surface area contributed by atoms with E-state index in [9.17, 15) is 4.79 Å². The lowest BCUT2D eigenvalue weighted by Crippen LogP contribution is -2.13. The van der Waals surface area contributed by atoms with Gasteiger partial charge in [0, 0.05) is 22.8 Å². The van der Waals surface area contributed by atoms with Crippen molar-refractivity contribution < 1.29 is 9.21 Å². The molecular weight excluding hydrogens is 348 g/mol. The summed E-state index contributed by atoms with van der Waals surface area (Å²) in [6.07, 6.45) is 2.50. The van der Waals surface area contributed by atoms with Crippen molar-refractivity contribution >= 4 is 34.3 Å². The Morgan fingerprint density at radius 2 is 1.88 bits per heavy atom. The first-order chi connectivity index (χ1) is 12.8. The van der Waals surface area contributed by atoms with Crippen molar-refractivity contribution in [3.8, 4) is 0 Å². The second-order valence-corrected chi connectivity index (χ2v) is 6.63. The SMILES string of the molecule is O=C(CSc1nnc(Cc2c[nH]c3ccccc23)o1)Nc1ccccc1. The second-order valence-electron chi connectivity index (χ2n) is 5.70. The minimum atomic E-state index is -0.113. The van der Waals surface area contributed by atoms with Crippen molar-refractivity contribution in [2.75, 3.05) is 11.1 Å². The van der Waals surface area contributed by atoms with Crippen LogP contribution in [-0.4, -0.2) is 26.8 Å². The van der Waals surface area contributed by atoms with Gasteiger partial charge >= 0.3 is 0 Å². The van der Waals surface area contributed by atoms with Crippen LogP contribution in [-0.2, 0) is 11.2 Å². The number of aromatic nitrogens is 3. The molecule has 0 radical (unpaired) electrons. The number of amides is 1. The topological polar surface area (TPSA) is 83.8 Å². The number of fused-ring (bicyclic) bond motifs is 1. The van der Waals surface area contributed by atoms with Crippen LogP contribution in [0.3, 0.4) is 0 Å². The molecule has 0 aliphatic rings. The van der Waals surface area contributed by atoms with E-state index in [4.69, 9.17) is 4.42 Å². The van der Waals surface area contributed by atoms with Gasteiger partial charge in [-0.15, -0.1) is 10.2 Å². The molecule has 0 saturated heterocycles. The minimum absolute atomic E-state index is 0.113. The summed E-state index contributed by atoms with van der Waals surface area (Å²) < 4.78 is 5.65. The van der Waals surface area contributed by atoms with Crippen molar-refractivity contribution in [1.29, 1.82) is 0 Å². The average Bonchev–Trinajstić information content (AvgIpc) is 3.29. The Kier molecular flexibility index (Phi) is 4.70. The zero-order valence-corrected chi connectivity index (χ0v) is 14.6. The molecule has 2 N–H and O–H groups in total. The predicted octanol–water partition coefficient (Wildman–Crippen LogP) is 3.87. The van der Waals surface area contributed by atoms with E-state index in [1.54, 1.807) is 0 Å². The lowest BCUT2D eigenvalue weighted by molar-refractivity contribution is -0.113. The molecule has 0 fully saturated rings. The molecule has 4 rings (SSSR count).